The van der Waals surface area contributed by atoms with Gasteiger partial charge in [-0.1, -0.05) is 66.4 Å². The second-order valence-electron chi connectivity index (χ2n) is 7.55. The van der Waals surface area contributed by atoms with Crippen LogP contribution in [0.15, 0.2) is 93.3 Å². The Kier molecular flexibility index (Phi) is 6.55. The lowest BCUT2D eigenvalue weighted by Crippen LogP contribution is -2.24. The Morgan fingerprint density at radius 1 is 0.971 bits per heavy atom. The van der Waals surface area contributed by atoms with Crippen LogP contribution in [0.4, 0.5) is 0 Å². The van der Waals surface area contributed by atoms with Crippen LogP contribution >= 0.6 is 11.8 Å². The van der Waals surface area contributed by atoms with Gasteiger partial charge in [0.1, 0.15) is 5.75 Å². The summed E-state index contributed by atoms with van der Waals surface area (Å²) in [7, 11) is 0. The van der Waals surface area contributed by atoms with Crippen molar-refractivity contribution in [2.75, 3.05) is 12.4 Å². The van der Waals surface area contributed by atoms with Gasteiger partial charge in [-0.15, -0.1) is 10.2 Å². The maximum absolute atomic E-state index is 13.1. The van der Waals surface area contributed by atoms with Gasteiger partial charge in [0, 0.05) is 11.1 Å². The van der Waals surface area contributed by atoms with Crippen LogP contribution in [0.3, 0.4) is 0 Å². The Hall–Kier alpha value is -4.42. The molecule has 0 aliphatic heterocycles. The summed E-state index contributed by atoms with van der Waals surface area (Å²) in [6.07, 6.45) is 0. The molecule has 0 radical (unpaired) electrons. The van der Waals surface area contributed by atoms with E-state index in [-0.39, 0.29) is 11.4 Å². The number of benzene rings is 3. The molecular formula is C26H19N5O3S. The Bertz CT molecular complexity index is 1570. The fourth-order valence-corrected chi connectivity index (χ4v) is 4.14. The van der Waals surface area contributed by atoms with E-state index in [2.05, 4.69) is 21.4 Å². The standard InChI is InChI=1S/C26H19N5O3S/c27-16-19-9-6-10-20(15-19)33-13-14-35-26-29-28-24(34-26)23-21-11-4-5-12-22(21)25(32)31(30-23)17-18-7-2-1-3-8-18/h1-12,15H,13-14,17H2. The average Bonchev–Trinajstić information content (AvgIpc) is 3.38. The van der Waals surface area contributed by atoms with Crippen molar-refractivity contribution in [3.8, 4) is 23.4 Å². The summed E-state index contributed by atoms with van der Waals surface area (Å²) >= 11 is 1.35. The molecule has 5 rings (SSSR count). The maximum atomic E-state index is 13.1. The summed E-state index contributed by atoms with van der Waals surface area (Å²) in [5, 5.41) is 23.4. The van der Waals surface area contributed by atoms with Crippen LogP contribution in [0, 0.1) is 11.3 Å². The van der Waals surface area contributed by atoms with Gasteiger partial charge in [-0.25, -0.2) is 4.68 Å². The van der Waals surface area contributed by atoms with Gasteiger partial charge >= 0.3 is 0 Å². The Morgan fingerprint density at radius 2 is 1.77 bits per heavy atom. The minimum atomic E-state index is -0.181. The normalized spacial score (nSPS) is 10.8. The first kappa shape index (κ1) is 22.4. The lowest BCUT2D eigenvalue weighted by Gasteiger charge is -2.09. The molecule has 172 valence electrons. The summed E-state index contributed by atoms with van der Waals surface area (Å²) in [6, 6.07) is 26.0. The zero-order valence-corrected chi connectivity index (χ0v) is 19.3. The molecule has 9 heteroatoms. The zero-order valence-electron chi connectivity index (χ0n) is 18.5. The van der Waals surface area contributed by atoms with Crippen LogP contribution in [-0.2, 0) is 6.54 Å². The van der Waals surface area contributed by atoms with Gasteiger partial charge in [-0.05, 0) is 29.8 Å². The van der Waals surface area contributed by atoms with Crippen LogP contribution in [0.5, 0.6) is 5.75 Å². The number of hydrogen-bond donors (Lipinski definition) is 0. The molecule has 0 atom stereocenters. The first-order chi connectivity index (χ1) is 17.2. The van der Waals surface area contributed by atoms with Crippen molar-refractivity contribution in [3.05, 3.63) is 100 Å². The summed E-state index contributed by atoms with van der Waals surface area (Å²) in [4.78, 5) is 13.1. The van der Waals surface area contributed by atoms with Crippen molar-refractivity contribution in [2.45, 2.75) is 11.8 Å². The molecule has 0 aliphatic carbocycles. The molecule has 3 aromatic carbocycles. The second-order valence-corrected chi connectivity index (χ2v) is 8.60. The van der Waals surface area contributed by atoms with Gasteiger partial charge in [0.2, 0.25) is 0 Å². The number of fused-ring (bicyclic) bond motifs is 1. The fourth-order valence-electron chi connectivity index (χ4n) is 3.56. The molecule has 0 saturated heterocycles. The summed E-state index contributed by atoms with van der Waals surface area (Å²) in [5.74, 6) is 1.44. The van der Waals surface area contributed by atoms with Gasteiger partial charge in [-0.2, -0.15) is 10.4 Å². The highest BCUT2D eigenvalue weighted by Gasteiger charge is 2.18. The molecule has 5 aromatic rings. The Balaban J connectivity index is 1.35. The van der Waals surface area contributed by atoms with E-state index in [0.29, 0.717) is 51.9 Å². The fraction of sp³-hybridized carbons (Fsp3) is 0.115. The third-order valence-electron chi connectivity index (χ3n) is 5.19. The third-order valence-corrected chi connectivity index (χ3v) is 5.98. The second kappa shape index (κ2) is 10.2. The highest BCUT2D eigenvalue weighted by atomic mass is 32.2. The molecule has 0 aliphatic rings. The molecule has 0 fully saturated rings. The number of hydrogen-bond acceptors (Lipinski definition) is 8. The van der Waals surface area contributed by atoms with Crippen LogP contribution in [-0.4, -0.2) is 32.3 Å². The molecular weight excluding hydrogens is 462 g/mol. The largest absolute Gasteiger partial charge is 0.493 e. The van der Waals surface area contributed by atoms with Crippen molar-refractivity contribution in [1.82, 2.24) is 20.0 Å². The zero-order chi connectivity index (χ0) is 24.0. The van der Waals surface area contributed by atoms with Crippen LogP contribution in [0.1, 0.15) is 11.1 Å². The van der Waals surface area contributed by atoms with E-state index in [9.17, 15) is 4.79 Å². The van der Waals surface area contributed by atoms with Crippen molar-refractivity contribution < 1.29 is 9.15 Å². The van der Waals surface area contributed by atoms with Gasteiger partial charge in [0.15, 0.2) is 5.69 Å². The van der Waals surface area contributed by atoms with E-state index >= 15 is 0 Å². The predicted octanol–water partition coefficient (Wildman–Crippen LogP) is 4.54. The molecule has 8 nitrogen and oxygen atoms in total. The van der Waals surface area contributed by atoms with Crippen LogP contribution in [0.25, 0.3) is 22.4 Å². The molecule has 0 unspecified atom stereocenters. The Labute approximate surface area is 204 Å². The highest BCUT2D eigenvalue weighted by Crippen LogP contribution is 2.27. The van der Waals surface area contributed by atoms with Gasteiger partial charge < -0.3 is 9.15 Å². The number of thioether (sulfide) groups is 1. The van der Waals surface area contributed by atoms with Gasteiger partial charge in [0.05, 0.1) is 30.2 Å². The summed E-state index contributed by atoms with van der Waals surface area (Å²) < 4.78 is 13.0. The quantitative estimate of drug-likeness (QED) is 0.235. The molecule has 0 N–H and O–H groups in total. The van der Waals surface area contributed by atoms with E-state index in [1.54, 1.807) is 30.3 Å². The van der Waals surface area contributed by atoms with E-state index in [0.717, 1.165) is 5.56 Å². The van der Waals surface area contributed by atoms with Crippen LogP contribution in [0.2, 0.25) is 0 Å². The smallest absolute Gasteiger partial charge is 0.277 e. The van der Waals surface area contributed by atoms with Gasteiger partial charge in [0.25, 0.3) is 16.7 Å². The van der Waals surface area contributed by atoms with E-state index in [4.69, 9.17) is 14.4 Å². The minimum Gasteiger partial charge on any atom is -0.493 e. The topological polar surface area (TPSA) is 107 Å². The SMILES string of the molecule is N#Cc1cccc(OCCSc2nnc(-c3nn(Cc4ccccc4)c(=O)c4ccccc34)o2)c1. The van der Waals surface area contributed by atoms with Crippen molar-refractivity contribution in [1.29, 1.82) is 5.26 Å². The lowest BCUT2D eigenvalue weighted by atomic mass is 10.1. The van der Waals surface area contributed by atoms with Crippen LogP contribution < -0.4 is 10.3 Å². The Morgan fingerprint density at radius 3 is 2.60 bits per heavy atom. The number of aromatic nitrogens is 4. The number of rotatable bonds is 8. The molecule has 0 bridgehead atoms. The molecule has 2 heterocycles. The first-order valence-corrected chi connectivity index (χ1v) is 11.8. The van der Waals surface area contributed by atoms with E-state index < -0.39 is 0 Å². The highest BCUT2D eigenvalue weighted by molar-refractivity contribution is 7.99. The third kappa shape index (κ3) is 5.08. The average molecular weight is 482 g/mol. The molecule has 2 aromatic heterocycles. The predicted molar refractivity (Wildman–Crippen MR) is 132 cm³/mol. The first-order valence-electron chi connectivity index (χ1n) is 10.8. The summed E-state index contributed by atoms with van der Waals surface area (Å²) in [5.41, 5.74) is 1.79. The molecule has 0 saturated carbocycles. The minimum absolute atomic E-state index is 0.181. The number of nitriles is 1. The number of ether oxygens (including phenoxy) is 1. The van der Waals surface area contributed by atoms with E-state index in [1.165, 1.54) is 16.4 Å². The van der Waals surface area contributed by atoms with Crippen molar-refractivity contribution in [3.63, 3.8) is 0 Å². The van der Waals surface area contributed by atoms with E-state index in [1.807, 2.05) is 48.5 Å². The molecule has 0 amide bonds. The monoisotopic (exact) mass is 481 g/mol. The van der Waals surface area contributed by atoms with Gasteiger partial charge in [-0.3, -0.25) is 4.79 Å². The van der Waals surface area contributed by atoms with Crippen molar-refractivity contribution >= 4 is 22.5 Å². The lowest BCUT2D eigenvalue weighted by molar-refractivity contribution is 0.343. The van der Waals surface area contributed by atoms with Crippen molar-refractivity contribution in [2.24, 2.45) is 0 Å². The molecule has 0 spiro atoms. The maximum Gasteiger partial charge on any atom is 0.277 e. The summed E-state index contributed by atoms with van der Waals surface area (Å²) in [6.45, 7) is 0.734. The number of nitrogens with zero attached hydrogens (tertiary/aromatic N) is 5. The molecule has 35 heavy (non-hydrogen) atoms.